The van der Waals surface area contributed by atoms with Crippen LogP contribution < -0.4 is 0 Å². The van der Waals surface area contributed by atoms with Crippen LogP contribution in [-0.2, 0) is 9.53 Å². The fourth-order valence-electron chi connectivity index (χ4n) is 0.863. The summed E-state index contributed by atoms with van der Waals surface area (Å²) >= 11 is 0. The lowest BCUT2D eigenvalue weighted by atomic mass is 10.1. The molecule has 5 N–H and O–H groups in total. The molecule has 0 saturated carbocycles. The first-order valence-electron chi connectivity index (χ1n) is 3.32. The van der Waals surface area contributed by atoms with Crippen LogP contribution in [0.4, 0.5) is 0 Å². The number of carboxylic acid groups (broad SMARTS) is 1. The van der Waals surface area contributed by atoms with E-state index < -0.39 is 36.0 Å². The predicted molar refractivity (Wildman–Crippen MR) is 36.4 cm³/mol. The van der Waals surface area contributed by atoms with Crippen LogP contribution >= 0.6 is 0 Å². The van der Waals surface area contributed by atoms with Crippen molar-refractivity contribution in [1.29, 1.82) is 0 Å². The highest BCUT2D eigenvalue weighted by Gasteiger charge is 2.39. The number of aliphatic hydroxyl groups excluding tert-OH is 4. The molecule has 1 heterocycles. The molecule has 7 heteroatoms. The van der Waals surface area contributed by atoms with Crippen molar-refractivity contribution in [3.8, 4) is 0 Å². The maximum absolute atomic E-state index is 10.3. The number of ether oxygens (including phenoxy) is 1. The molecule has 1 unspecified atom stereocenters. The van der Waals surface area contributed by atoms with Gasteiger partial charge in [-0.05, 0) is 0 Å². The largest absolute Gasteiger partial charge is 0.506 e. The van der Waals surface area contributed by atoms with Crippen molar-refractivity contribution in [2.24, 2.45) is 0 Å². The molecular formula is C6H8O7. The molecule has 0 aromatic rings. The maximum Gasteiger partial charge on any atom is 0.375 e. The molecule has 0 amide bonds. The quantitative estimate of drug-likeness (QED) is 0.322. The van der Waals surface area contributed by atoms with E-state index >= 15 is 0 Å². The zero-order valence-corrected chi connectivity index (χ0v) is 6.28. The van der Waals surface area contributed by atoms with E-state index in [4.69, 9.17) is 25.5 Å². The summed E-state index contributed by atoms with van der Waals surface area (Å²) in [6.07, 6.45) is -5.48. The minimum absolute atomic E-state index is 0.967. The molecule has 0 aliphatic carbocycles. The van der Waals surface area contributed by atoms with Crippen molar-refractivity contribution in [1.82, 2.24) is 0 Å². The zero-order valence-electron chi connectivity index (χ0n) is 6.28. The van der Waals surface area contributed by atoms with Gasteiger partial charge in [-0.1, -0.05) is 0 Å². The Labute approximate surface area is 72.1 Å². The maximum atomic E-state index is 10.3. The molecule has 0 aromatic heterocycles. The first-order chi connectivity index (χ1) is 5.95. The highest BCUT2D eigenvalue weighted by atomic mass is 16.6. The average Bonchev–Trinajstić information content (AvgIpc) is 2.07. The normalized spacial score (nSPS) is 34.2. The topological polar surface area (TPSA) is 127 Å². The Morgan fingerprint density at radius 2 is 1.85 bits per heavy atom. The van der Waals surface area contributed by atoms with Gasteiger partial charge in [-0.25, -0.2) is 4.79 Å². The SMILES string of the molecule is O=C(O)C1=C(O)[C@H](O)[C@@H](O)C(O)O1. The Bertz CT molecular complexity index is 258. The minimum Gasteiger partial charge on any atom is -0.506 e. The number of hydrogen-bond acceptors (Lipinski definition) is 6. The van der Waals surface area contributed by atoms with Crippen molar-refractivity contribution in [2.45, 2.75) is 18.5 Å². The van der Waals surface area contributed by atoms with Gasteiger partial charge in [0.2, 0.25) is 12.0 Å². The predicted octanol–water partition coefficient (Wildman–Crippen LogP) is -2.09. The molecule has 0 bridgehead atoms. The third kappa shape index (κ3) is 1.57. The van der Waals surface area contributed by atoms with Gasteiger partial charge in [0.25, 0.3) is 0 Å². The number of aliphatic carboxylic acids is 1. The smallest absolute Gasteiger partial charge is 0.375 e. The molecule has 0 fully saturated rings. The van der Waals surface area contributed by atoms with Crippen LogP contribution in [0.2, 0.25) is 0 Å². The molecule has 0 radical (unpaired) electrons. The van der Waals surface area contributed by atoms with Crippen LogP contribution in [0.5, 0.6) is 0 Å². The van der Waals surface area contributed by atoms with Gasteiger partial charge in [0, 0.05) is 0 Å². The molecular weight excluding hydrogens is 184 g/mol. The van der Waals surface area contributed by atoms with Crippen molar-refractivity contribution >= 4 is 5.97 Å². The van der Waals surface area contributed by atoms with Crippen LogP contribution in [0.1, 0.15) is 0 Å². The third-order valence-electron chi connectivity index (χ3n) is 1.56. The second-order valence-corrected chi connectivity index (χ2v) is 2.46. The summed E-state index contributed by atoms with van der Waals surface area (Å²) in [4.78, 5) is 10.3. The molecule has 1 rings (SSSR count). The fourth-order valence-corrected chi connectivity index (χ4v) is 0.863. The van der Waals surface area contributed by atoms with Gasteiger partial charge in [0.1, 0.15) is 12.2 Å². The number of rotatable bonds is 1. The van der Waals surface area contributed by atoms with E-state index in [0.717, 1.165) is 0 Å². The molecule has 0 spiro atoms. The molecule has 3 atom stereocenters. The number of carbonyl (C=O) groups is 1. The van der Waals surface area contributed by atoms with Crippen molar-refractivity contribution in [2.75, 3.05) is 0 Å². The monoisotopic (exact) mass is 192 g/mol. The molecule has 13 heavy (non-hydrogen) atoms. The van der Waals surface area contributed by atoms with E-state index in [1.54, 1.807) is 0 Å². The summed E-state index contributed by atoms with van der Waals surface area (Å²) in [6.45, 7) is 0. The van der Waals surface area contributed by atoms with Crippen LogP contribution in [0.15, 0.2) is 11.5 Å². The summed E-state index contributed by atoms with van der Waals surface area (Å²) < 4.78 is 4.22. The first-order valence-corrected chi connectivity index (χ1v) is 3.32. The lowest BCUT2D eigenvalue weighted by Gasteiger charge is -2.28. The molecule has 0 saturated heterocycles. The van der Waals surface area contributed by atoms with Gasteiger partial charge in [-0.3, -0.25) is 0 Å². The Morgan fingerprint density at radius 3 is 2.31 bits per heavy atom. The second kappa shape index (κ2) is 3.21. The van der Waals surface area contributed by atoms with Gasteiger partial charge in [-0.15, -0.1) is 0 Å². The average molecular weight is 192 g/mol. The summed E-state index contributed by atoms with van der Waals surface area (Å²) in [6, 6.07) is 0. The van der Waals surface area contributed by atoms with Crippen LogP contribution in [-0.4, -0.2) is 50.0 Å². The van der Waals surface area contributed by atoms with Gasteiger partial charge in [0.05, 0.1) is 0 Å². The first kappa shape index (κ1) is 9.78. The van der Waals surface area contributed by atoms with Crippen LogP contribution in [0.3, 0.4) is 0 Å². The minimum atomic E-state index is -1.86. The van der Waals surface area contributed by atoms with Gasteiger partial charge >= 0.3 is 5.97 Å². The van der Waals surface area contributed by atoms with E-state index in [1.165, 1.54) is 0 Å². The molecule has 0 aromatic carbocycles. The lowest BCUT2D eigenvalue weighted by molar-refractivity contribution is -0.194. The number of carboxylic acids is 1. The summed E-state index contributed by atoms with van der Waals surface area (Å²) in [7, 11) is 0. The van der Waals surface area contributed by atoms with E-state index in [-0.39, 0.29) is 0 Å². The van der Waals surface area contributed by atoms with Crippen LogP contribution in [0.25, 0.3) is 0 Å². The van der Waals surface area contributed by atoms with Crippen molar-refractivity contribution in [3.05, 3.63) is 11.5 Å². The highest BCUT2D eigenvalue weighted by molar-refractivity contribution is 5.85. The summed E-state index contributed by atoms with van der Waals surface area (Å²) in [5, 5.41) is 44.1. The highest BCUT2D eigenvalue weighted by Crippen LogP contribution is 2.21. The molecule has 1 aliphatic heterocycles. The van der Waals surface area contributed by atoms with Gasteiger partial charge in [0.15, 0.2) is 5.76 Å². The van der Waals surface area contributed by atoms with E-state index in [2.05, 4.69) is 4.74 Å². The van der Waals surface area contributed by atoms with E-state index in [1.807, 2.05) is 0 Å². The summed E-state index contributed by atoms with van der Waals surface area (Å²) in [5.41, 5.74) is 0. The van der Waals surface area contributed by atoms with Crippen molar-refractivity contribution < 1.29 is 35.1 Å². The van der Waals surface area contributed by atoms with Gasteiger partial charge < -0.3 is 30.3 Å². The Balaban J connectivity index is 3.01. The Hall–Kier alpha value is -1.31. The zero-order chi connectivity index (χ0) is 10.2. The molecule has 74 valence electrons. The molecule has 7 nitrogen and oxygen atoms in total. The number of aliphatic hydroxyl groups is 4. The van der Waals surface area contributed by atoms with Crippen molar-refractivity contribution in [3.63, 3.8) is 0 Å². The Kier molecular flexibility index (Phi) is 2.41. The number of hydrogen-bond donors (Lipinski definition) is 5. The lowest BCUT2D eigenvalue weighted by Crippen LogP contribution is -2.45. The van der Waals surface area contributed by atoms with Crippen LogP contribution in [0, 0.1) is 0 Å². The Morgan fingerprint density at radius 1 is 1.31 bits per heavy atom. The third-order valence-corrected chi connectivity index (χ3v) is 1.56. The van der Waals surface area contributed by atoms with E-state index in [0.29, 0.717) is 0 Å². The van der Waals surface area contributed by atoms with Gasteiger partial charge in [-0.2, -0.15) is 0 Å². The van der Waals surface area contributed by atoms with E-state index in [9.17, 15) is 4.79 Å². The fraction of sp³-hybridized carbons (Fsp3) is 0.500. The standard InChI is InChI=1S/C6H8O7/c7-1-2(8)4(5(10)11)13-6(12)3(1)9/h1,3,6-9,12H,(H,10,11)/t1-,3+,6?/m0/s1. The molecule has 1 aliphatic rings. The summed E-state index contributed by atoms with van der Waals surface area (Å²) in [5.74, 6) is -3.61. The second-order valence-electron chi connectivity index (χ2n) is 2.46.